The number of hydrogen-bond donors (Lipinski definition) is 2. The van der Waals surface area contributed by atoms with Crippen molar-refractivity contribution in [1.29, 1.82) is 0 Å². The number of pyridine rings is 1. The van der Waals surface area contributed by atoms with E-state index in [2.05, 4.69) is 10.3 Å². The summed E-state index contributed by atoms with van der Waals surface area (Å²) in [6.45, 7) is 0.219. The van der Waals surface area contributed by atoms with E-state index in [1.54, 1.807) is 18.2 Å². The first-order chi connectivity index (χ1) is 9.22. The normalized spacial score (nSPS) is 12.2. The molecule has 0 unspecified atom stereocenters. The van der Waals surface area contributed by atoms with Crippen LogP contribution in [0.15, 0.2) is 36.5 Å². The average molecular weight is 258 g/mol. The number of nitrogens with zero attached hydrogens (tertiary/aromatic N) is 1. The van der Waals surface area contributed by atoms with Crippen molar-refractivity contribution in [2.45, 2.75) is 0 Å². The van der Waals surface area contributed by atoms with E-state index in [0.29, 0.717) is 17.2 Å². The average Bonchev–Trinajstić information content (AvgIpc) is 2.86. The third-order valence-electron chi connectivity index (χ3n) is 2.64. The molecule has 0 fully saturated rings. The first-order valence-corrected chi connectivity index (χ1v) is 5.58. The molecular formula is C13H10N2O4. The van der Waals surface area contributed by atoms with Crippen molar-refractivity contribution in [1.82, 2.24) is 4.98 Å². The SMILES string of the molecule is O=C(O)c1cc(Nc2ccc3c(c2)OCO3)ccn1. The predicted molar refractivity (Wildman–Crippen MR) is 67.0 cm³/mol. The second-order valence-electron chi connectivity index (χ2n) is 3.93. The van der Waals surface area contributed by atoms with Crippen LogP contribution in [-0.2, 0) is 0 Å². The highest BCUT2D eigenvalue weighted by Crippen LogP contribution is 2.35. The molecule has 1 aliphatic rings. The van der Waals surface area contributed by atoms with Crippen LogP contribution in [0.25, 0.3) is 0 Å². The smallest absolute Gasteiger partial charge is 0.354 e. The molecule has 0 saturated carbocycles. The molecule has 6 nitrogen and oxygen atoms in total. The van der Waals surface area contributed by atoms with Gasteiger partial charge in [0.2, 0.25) is 6.79 Å². The monoisotopic (exact) mass is 258 g/mol. The summed E-state index contributed by atoms with van der Waals surface area (Å²) < 4.78 is 10.5. The van der Waals surface area contributed by atoms with Gasteiger partial charge in [0, 0.05) is 23.6 Å². The van der Waals surface area contributed by atoms with Crippen molar-refractivity contribution in [3.63, 3.8) is 0 Å². The number of carboxylic acids is 1. The Hall–Kier alpha value is -2.76. The van der Waals surface area contributed by atoms with Crippen LogP contribution in [0.3, 0.4) is 0 Å². The number of benzene rings is 1. The molecule has 1 aromatic carbocycles. The van der Waals surface area contributed by atoms with Crippen molar-refractivity contribution in [3.8, 4) is 11.5 Å². The van der Waals surface area contributed by atoms with Gasteiger partial charge in [-0.05, 0) is 24.3 Å². The number of anilines is 2. The van der Waals surface area contributed by atoms with Gasteiger partial charge in [-0.25, -0.2) is 9.78 Å². The van der Waals surface area contributed by atoms with Gasteiger partial charge in [-0.15, -0.1) is 0 Å². The van der Waals surface area contributed by atoms with Crippen LogP contribution in [0.1, 0.15) is 10.5 Å². The van der Waals surface area contributed by atoms with Gasteiger partial charge in [-0.1, -0.05) is 0 Å². The summed E-state index contributed by atoms with van der Waals surface area (Å²) in [5.74, 6) is 0.304. The number of nitrogens with one attached hydrogen (secondary N) is 1. The van der Waals surface area contributed by atoms with Gasteiger partial charge in [0.25, 0.3) is 0 Å². The Bertz CT molecular complexity index is 642. The molecule has 2 aromatic rings. The fourth-order valence-electron chi connectivity index (χ4n) is 1.77. The molecule has 1 aliphatic heterocycles. The minimum absolute atomic E-state index is 0.00857. The van der Waals surface area contributed by atoms with Crippen LogP contribution in [-0.4, -0.2) is 22.9 Å². The van der Waals surface area contributed by atoms with E-state index in [1.807, 2.05) is 6.07 Å². The number of carbonyl (C=O) groups is 1. The predicted octanol–water partition coefficient (Wildman–Crippen LogP) is 2.25. The Morgan fingerprint density at radius 1 is 1.16 bits per heavy atom. The van der Waals surface area contributed by atoms with Crippen LogP contribution in [0.5, 0.6) is 11.5 Å². The number of ether oxygens (including phenoxy) is 2. The fourth-order valence-corrected chi connectivity index (χ4v) is 1.77. The molecule has 19 heavy (non-hydrogen) atoms. The molecule has 0 aliphatic carbocycles. The summed E-state index contributed by atoms with van der Waals surface area (Å²) in [5.41, 5.74) is 1.42. The van der Waals surface area contributed by atoms with Crippen molar-refractivity contribution in [2.24, 2.45) is 0 Å². The van der Waals surface area contributed by atoms with E-state index in [0.717, 1.165) is 5.69 Å². The molecule has 0 amide bonds. The maximum atomic E-state index is 10.8. The molecule has 0 spiro atoms. The number of carboxylic acid groups (broad SMARTS) is 1. The highest BCUT2D eigenvalue weighted by molar-refractivity contribution is 5.86. The number of hydrogen-bond acceptors (Lipinski definition) is 5. The van der Waals surface area contributed by atoms with E-state index in [4.69, 9.17) is 14.6 Å². The summed E-state index contributed by atoms with van der Waals surface area (Å²) in [6, 6.07) is 8.57. The molecular weight excluding hydrogens is 248 g/mol. The summed E-state index contributed by atoms with van der Waals surface area (Å²) in [7, 11) is 0. The van der Waals surface area contributed by atoms with Crippen LogP contribution in [0, 0.1) is 0 Å². The third-order valence-corrected chi connectivity index (χ3v) is 2.64. The van der Waals surface area contributed by atoms with E-state index in [1.165, 1.54) is 12.3 Å². The van der Waals surface area contributed by atoms with E-state index in [9.17, 15) is 4.79 Å². The van der Waals surface area contributed by atoms with Crippen LogP contribution >= 0.6 is 0 Å². The molecule has 0 radical (unpaired) electrons. The van der Waals surface area contributed by atoms with Crippen molar-refractivity contribution >= 4 is 17.3 Å². The second-order valence-corrected chi connectivity index (χ2v) is 3.93. The van der Waals surface area contributed by atoms with E-state index >= 15 is 0 Å². The minimum Gasteiger partial charge on any atom is -0.477 e. The van der Waals surface area contributed by atoms with Crippen molar-refractivity contribution < 1.29 is 19.4 Å². The highest BCUT2D eigenvalue weighted by Gasteiger charge is 2.13. The van der Waals surface area contributed by atoms with Gasteiger partial charge in [0.15, 0.2) is 11.5 Å². The lowest BCUT2D eigenvalue weighted by atomic mass is 10.2. The molecule has 6 heteroatoms. The molecule has 2 N–H and O–H groups in total. The van der Waals surface area contributed by atoms with Gasteiger partial charge in [-0.3, -0.25) is 0 Å². The zero-order valence-electron chi connectivity index (χ0n) is 9.79. The molecule has 96 valence electrons. The lowest BCUT2D eigenvalue weighted by molar-refractivity contribution is 0.0690. The Kier molecular flexibility index (Phi) is 2.68. The summed E-state index contributed by atoms with van der Waals surface area (Å²) in [4.78, 5) is 14.6. The molecule has 1 aromatic heterocycles. The maximum Gasteiger partial charge on any atom is 0.354 e. The first-order valence-electron chi connectivity index (χ1n) is 5.58. The van der Waals surface area contributed by atoms with Gasteiger partial charge in [-0.2, -0.15) is 0 Å². The van der Waals surface area contributed by atoms with Crippen LogP contribution in [0.4, 0.5) is 11.4 Å². The number of fused-ring (bicyclic) bond motifs is 1. The fraction of sp³-hybridized carbons (Fsp3) is 0.0769. The Balaban J connectivity index is 1.85. The standard InChI is InChI=1S/C13H10N2O4/c16-13(17)10-5-9(3-4-14-10)15-8-1-2-11-12(6-8)19-7-18-11/h1-6H,7H2,(H,14,15)(H,16,17). The maximum absolute atomic E-state index is 10.8. The van der Waals surface area contributed by atoms with Crippen molar-refractivity contribution in [2.75, 3.05) is 12.1 Å². The van der Waals surface area contributed by atoms with Crippen LogP contribution < -0.4 is 14.8 Å². The van der Waals surface area contributed by atoms with Gasteiger partial charge < -0.3 is 19.9 Å². The number of aromatic nitrogens is 1. The summed E-state index contributed by atoms with van der Waals surface area (Å²) >= 11 is 0. The molecule has 0 bridgehead atoms. The molecule has 3 rings (SSSR count). The topological polar surface area (TPSA) is 80.7 Å². The van der Waals surface area contributed by atoms with Gasteiger partial charge in [0.1, 0.15) is 5.69 Å². The highest BCUT2D eigenvalue weighted by atomic mass is 16.7. The van der Waals surface area contributed by atoms with Gasteiger partial charge in [0.05, 0.1) is 0 Å². The molecule has 2 heterocycles. The van der Waals surface area contributed by atoms with Crippen molar-refractivity contribution in [3.05, 3.63) is 42.2 Å². The summed E-state index contributed by atoms with van der Waals surface area (Å²) in [6.07, 6.45) is 1.44. The zero-order chi connectivity index (χ0) is 13.2. The van der Waals surface area contributed by atoms with Crippen LogP contribution in [0.2, 0.25) is 0 Å². The number of aromatic carboxylic acids is 1. The van der Waals surface area contributed by atoms with E-state index < -0.39 is 5.97 Å². The molecule has 0 saturated heterocycles. The first kappa shape index (κ1) is 11.3. The quantitative estimate of drug-likeness (QED) is 0.878. The lowest BCUT2D eigenvalue weighted by Crippen LogP contribution is -2.01. The van der Waals surface area contributed by atoms with E-state index in [-0.39, 0.29) is 12.5 Å². The molecule has 0 atom stereocenters. The van der Waals surface area contributed by atoms with Gasteiger partial charge >= 0.3 is 5.97 Å². The zero-order valence-corrected chi connectivity index (χ0v) is 9.79. The largest absolute Gasteiger partial charge is 0.477 e. The Labute approximate surface area is 108 Å². The third kappa shape index (κ3) is 2.28. The minimum atomic E-state index is -1.06. The second kappa shape index (κ2) is 4.49. The Morgan fingerprint density at radius 3 is 2.79 bits per heavy atom. The summed E-state index contributed by atoms with van der Waals surface area (Å²) in [5, 5.41) is 12.0. The Morgan fingerprint density at radius 2 is 1.95 bits per heavy atom. The lowest BCUT2D eigenvalue weighted by Gasteiger charge is -2.07. The number of rotatable bonds is 3.